The summed E-state index contributed by atoms with van der Waals surface area (Å²) in [4.78, 5) is 26.1. The predicted molar refractivity (Wildman–Crippen MR) is 78.7 cm³/mol. The summed E-state index contributed by atoms with van der Waals surface area (Å²) in [5, 5.41) is 9.26. The van der Waals surface area contributed by atoms with Crippen LogP contribution in [-0.4, -0.2) is 40.2 Å². The number of piperidine rings is 1. The summed E-state index contributed by atoms with van der Waals surface area (Å²) in [6.07, 6.45) is 1.43. The van der Waals surface area contributed by atoms with E-state index in [4.69, 9.17) is 0 Å². The highest BCUT2D eigenvalue weighted by molar-refractivity contribution is 8.00. The van der Waals surface area contributed by atoms with Crippen LogP contribution in [0.3, 0.4) is 0 Å². The summed E-state index contributed by atoms with van der Waals surface area (Å²) in [6.45, 7) is 2.59. The Hall–Kier alpha value is -1.49. The minimum absolute atomic E-state index is 0.0850. The van der Waals surface area contributed by atoms with Gasteiger partial charge in [0.25, 0.3) is 0 Å². The van der Waals surface area contributed by atoms with Crippen molar-refractivity contribution in [3.05, 3.63) is 30.3 Å². The van der Waals surface area contributed by atoms with E-state index in [1.807, 2.05) is 37.3 Å². The molecule has 1 amide bonds. The molecule has 1 N–H and O–H groups in total. The van der Waals surface area contributed by atoms with E-state index in [9.17, 15) is 14.7 Å². The zero-order valence-corrected chi connectivity index (χ0v) is 12.3. The molecule has 2 rings (SSSR count). The van der Waals surface area contributed by atoms with Crippen LogP contribution in [0.15, 0.2) is 35.2 Å². The first-order chi connectivity index (χ1) is 9.58. The van der Waals surface area contributed by atoms with Crippen molar-refractivity contribution in [3.8, 4) is 0 Å². The molecule has 0 aromatic heterocycles. The maximum atomic E-state index is 12.2. The summed E-state index contributed by atoms with van der Waals surface area (Å²) >= 11 is 1.45. The third-order valence-corrected chi connectivity index (χ3v) is 4.57. The van der Waals surface area contributed by atoms with Crippen molar-refractivity contribution in [3.63, 3.8) is 0 Å². The third-order valence-electron chi connectivity index (χ3n) is 3.58. The molecule has 20 heavy (non-hydrogen) atoms. The van der Waals surface area contributed by atoms with Crippen LogP contribution in [0.2, 0.25) is 0 Å². The van der Waals surface area contributed by atoms with Crippen molar-refractivity contribution in [2.75, 3.05) is 12.3 Å². The number of amides is 1. The zero-order valence-electron chi connectivity index (χ0n) is 11.5. The monoisotopic (exact) mass is 293 g/mol. The molecule has 2 atom stereocenters. The normalized spacial score (nSPS) is 22.6. The van der Waals surface area contributed by atoms with Gasteiger partial charge >= 0.3 is 5.97 Å². The first kappa shape index (κ1) is 14.9. The van der Waals surface area contributed by atoms with Crippen LogP contribution in [-0.2, 0) is 9.59 Å². The number of carbonyl (C=O) groups excluding carboxylic acids is 1. The molecule has 5 heteroatoms. The Kier molecular flexibility index (Phi) is 5.06. The van der Waals surface area contributed by atoms with Gasteiger partial charge in [-0.2, -0.15) is 0 Å². The molecule has 1 aromatic rings. The summed E-state index contributed by atoms with van der Waals surface area (Å²) in [7, 11) is 0. The first-order valence-corrected chi connectivity index (χ1v) is 7.76. The lowest BCUT2D eigenvalue weighted by molar-refractivity contribution is -0.151. The Morgan fingerprint density at radius 3 is 2.70 bits per heavy atom. The predicted octanol–water partition coefficient (Wildman–Crippen LogP) is 2.49. The SMILES string of the molecule is CC1CCN(C(=O)CSc2ccccc2)C(C(=O)O)C1. The molecule has 4 nitrogen and oxygen atoms in total. The topological polar surface area (TPSA) is 57.6 Å². The van der Waals surface area contributed by atoms with Crippen molar-refractivity contribution in [1.29, 1.82) is 0 Å². The van der Waals surface area contributed by atoms with Gasteiger partial charge in [-0.15, -0.1) is 11.8 Å². The second-order valence-electron chi connectivity index (χ2n) is 5.17. The third kappa shape index (κ3) is 3.76. The minimum Gasteiger partial charge on any atom is -0.480 e. The number of benzene rings is 1. The van der Waals surface area contributed by atoms with Gasteiger partial charge in [-0.05, 0) is 30.9 Å². The number of hydrogen-bond donors (Lipinski definition) is 1. The first-order valence-electron chi connectivity index (χ1n) is 6.78. The average Bonchev–Trinajstić information content (AvgIpc) is 2.45. The number of likely N-dealkylation sites (tertiary alicyclic amines) is 1. The molecule has 0 saturated carbocycles. The number of aliphatic carboxylic acids is 1. The molecule has 0 aliphatic carbocycles. The van der Waals surface area contributed by atoms with Crippen LogP contribution in [0, 0.1) is 5.92 Å². The van der Waals surface area contributed by atoms with Gasteiger partial charge in [0.15, 0.2) is 0 Å². The fourth-order valence-corrected chi connectivity index (χ4v) is 3.22. The highest BCUT2D eigenvalue weighted by Gasteiger charge is 2.34. The van der Waals surface area contributed by atoms with E-state index < -0.39 is 12.0 Å². The minimum atomic E-state index is -0.894. The lowest BCUT2D eigenvalue weighted by atomic mass is 9.92. The van der Waals surface area contributed by atoms with E-state index >= 15 is 0 Å². The van der Waals surface area contributed by atoms with Crippen LogP contribution in [0.1, 0.15) is 19.8 Å². The Balaban J connectivity index is 1.95. The number of hydrogen-bond acceptors (Lipinski definition) is 3. The number of nitrogens with zero attached hydrogens (tertiary/aromatic N) is 1. The van der Waals surface area contributed by atoms with Gasteiger partial charge in [0, 0.05) is 11.4 Å². The molecule has 1 heterocycles. The average molecular weight is 293 g/mol. The second kappa shape index (κ2) is 6.79. The summed E-state index contributed by atoms with van der Waals surface area (Å²) in [5.74, 6) is -0.322. The molecule has 1 fully saturated rings. The number of carboxylic acids is 1. The Morgan fingerprint density at radius 2 is 2.05 bits per heavy atom. The number of thioether (sulfide) groups is 1. The summed E-state index contributed by atoms with van der Waals surface area (Å²) < 4.78 is 0. The fourth-order valence-electron chi connectivity index (χ4n) is 2.42. The molecule has 0 spiro atoms. The van der Waals surface area contributed by atoms with E-state index in [2.05, 4.69) is 0 Å². The van der Waals surface area contributed by atoms with Gasteiger partial charge in [-0.1, -0.05) is 25.1 Å². The van der Waals surface area contributed by atoms with Crippen molar-refractivity contribution >= 4 is 23.6 Å². The molecule has 108 valence electrons. The Bertz CT molecular complexity index is 477. The quantitative estimate of drug-likeness (QED) is 0.867. The fraction of sp³-hybridized carbons (Fsp3) is 0.467. The van der Waals surface area contributed by atoms with Crippen LogP contribution < -0.4 is 0 Å². The number of carboxylic acid groups (broad SMARTS) is 1. The number of carbonyl (C=O) groups is 2. The smallest absolute Gasteiger partial charge is 0.326 e. The second-order valence-corrected chi connectivity index (χ2v) is 6.22. The zero-order chi connectivity index (χ0) is 14.5. The molecule has 0 radical (unpaired) electrons. The van der Waals surface area contributed by atoms with Crippen LogP contribution in [0.25, 0.3) is 0 Å². The van der Waals surface area contributed by atoms with Gasteiger partial charge in [-0.25, -0.2) is 4.79 Å². The van der Waals surface area contributed by atoms with E-state index in [-0.39, 0.29) is 5.91 Å². The largest absolute Gasteiger partial charge is 0.480 e. The Morgan fingerprint density at radius 1 is 1.35 bits per heavy atom. The van der Waals surface area contributed by atoms with Gasteiger partial charge in [-0.3, -0.25) is 4.79 Å². The molecular formula is C15H19NO3S. The highest BCUT2D eigenvalue weighted by atomic mass is 32.2. The van der Waals surface area contributed by atoms with Gasteiger partial charge in [0.05, 0.1) is 5.75 Å². The Labute approximate surface area is 123 Å². The molecule has 1 aromatic carbocycles. The molecule has 2 unspecified atom stereocenters. The van der Waals surface area contributed by atoms with Crippen molar-refractivity contribution in [2.45, 2.75) is 30.7 Å². The van der Waals surface area contributed by atoms with E-state index in [0.717, 1.165) is 11.3 Å². The van der Waals surface area contributed by atoms with E-state index in [1.165, 1.54) is 16.7 Å². The molecular weight excluding hydrogens is 274 g/mol. The molecule has 1 aliphatic heterocycles. The van der Waals surface area contributed by atoms with Crippen LogP contribution >= 0.6 is 11.8 Å². The van der Waals surface area contributed by atoms with Crippen molar-refractivity contribution in [1.82, 2.24) is 4.90 Å². The number of rotatable bonds is 4. The maximum Gasteiger partial charge on any atom is 0.326 e. The van der Waals surface area contributed by atoms with Crippen LogP contribution in [0.5, 0.6) is 0 Å². The lowest BCUT2D eigenvalue weighted by Gasteiger charge is -2.36. The maximum absolute atomic E-state index is 12.2. The van der Waals surface area contributed by atoms with Crippen molar-refractivity contribution in [2.24, 2.45) is 5.92 Å². The molecule has 1 aliphatic rings. The highest BCUT2D eigenvalue weighted by Crippen LogP contribution is 2.25. The van der Waals surface area contributed by atoms with Gasteiger partial charge in [0.1, 0.15) is 6.04 Å². The van der Waals surface area contributed by atoms with Crippen molar-refractivity contribution < 1.29 is 14.7 Å². The molecule has 0 bridgehead atoms. The van der Waals surface area contributed by atoms with Gasteiger partial charge < -0.3 is 10.0 Å². The van der Waals surface area contributed by atoms with E-state index in [0.29, 0.717) is 24.6 Å². The lowest BCUT2D eigenvalue weighted by Crippen LogP contribution is -2.50. The standard InChI is InChI=1S/C15H19NO3S/c1-11-7-8-16(13(9-11)15(18)19)14(17)10-20-12-5-3-2-4-6-12/h2-6,11,13H,7-10H2,1H3,(H,18,19). The molecule has 1 saturated heterocycles. The van der Waals surface area contributed by atoms with E-state index in [1.54, 1.807) is 0 Å². The summed E-state index contributed by atoms with van der Waals surface area (Å²) in [5.41, 5.74) is 0. The van der Waals surface area contributed by atoms with Crippen LogP contribution in [0.4, 0.5) is 0 Å². The summed E-state index contributed by atoms with van der Waals surface area (Å²) in [6, 6.07) is 9.02. The van der Waals surface area contributed by atoms with Gasteiger partial charge in [0.2, 0.25) is 5.91 Å².